The average Bonchev–Trinajstić information content (AvgIpc) is 3.28. The molecule has 28 heavy (non-hydrogen) atoms. The van der Waals surface area contributed by atoms with Crippen LogP contribution in [-0.4, -0.2) is 70.8 Å². The zero-order valence-corrected chi connectivity index (χ0v) is 17.1. The second-order valence-corrected chi connectivity index (χ2v) is 8.28. The highest BCUT2D eigenvalue weighted by atomic mass is 16.6. The number of rotatable bonds is 8. The number of aliphatic hydroxyl groups is 1. The fraction of sp³-hybridized carbons (Fsp3) is 0.850. The van der Waals surface area contributed by atoms with Crippen molar-refractivity contribution in [1.29, 1.82) is 0 Å². The highest BCUT2D eigenvalue weighted by Gasteiger charge is 2.75. The van der Waals surface area contributed by atoms with Crippen molar-refractivity contribution < 1.29 is 29.0 Å². The highest BCUT2D eigenvalue weighted by Crippen LogP contribution is 2.58. The summed E-state index contributed by atoms with van der Waals surface area (Å²) in [5.41, 5.74) is -1.03. The monoisotopic (exact) mass is 396 g/mol. The number of likely N-dealkylation sites (tertiary alicyclic amines) is 1. The van der Waals surface area contributed by atoms with E-state index in [0.29, 0.717) is 12.8 Å². The summed E-state index contributed by atoms with van der Waals surface area (Å²) in [4.78, 5) is 40.6. The molecule has 3 fully saturated rings. The molecular weight excluding hydrogens is 364 g/mol. The molecule has 3 aliphatic heterocycles. The Morgan fingerprint density at radius 3 is 2.71 bits per heavy atom. The lowest BCUT2D eigenvalue weighted by Crippen LogP contribution is -2.58. The van der Waals surface area contributed by atoms with Crippen LogP contribution in [0, 0.1) is 11.8 Å². The van der Waals surface area contributed by atoms with Crippen molar-refractivity contribution in [2.75, 3.05) is 13.2 Å². The molecule has 2 amide bonds. The molecule has 0 saturated carbocycles. The van der Waals surface area contributed by atoms with Crippen molar-refractivity contribution >= 4 is 17.8 Å². The molecule has 0 aliphatic carbocycles. The van der Waals surface area contributed by atoms with Crippen molar-refractivity contribution in [1.82, 2.24) is 10.2 Å². The van der Waals surface area contributed by atoms with Gasteiger partial charge in [-0.2, -0.15) is 0 Å². The Morgan fingerprint density at radius 2 is 2.11 bits per heavy atom. The molecule has 8 heteroatoms. The minimum absolute atomic E-state index is 0.0335. The summed E-state index contributed by atoms with van der Waals surface area (Å²) in [7, 11) is 0. The molecule has 7 atom stereocenters. The van der Waals surface area contributed by atoms with Crippen LogP contribution in [0.15, 0.2) is 0 Å². The van der Waals surface area contributed by atoms with Gasteiger partial charge in [-0.15, -0.1) is 0 Å². The van der Waals surface area contributed by atoms with Gasteiger partial charge in [0.2, 0.25) is 11.8 Å². The Labute approximate surface area is 165 Å². The van der Waals surface area contributed by atoms with Crippen molar-refractivity contribution in [2.24, 2.45) is 11.8 Å². The number of nitrogens with zero attached hydrogens (tertiary/aromatic N) is 1. The number of carbonyl (C=O) groups is 3. The standard InChI is InChI=1S/C20H32N2O6/c1-5-7-11(3)21-17(24)16-20-9-8-13(28-20)14(19(26)27-6-2)15(20)18(25)22(16)12(4)10-23/h11-16,23H,5-10H2,1-4H3,(H,21,24)/t11?,12-,13+,14-,15-,16+,20-/m1/s1. The van der Waals surface area contributed by atoms with Crippen LogP contribution in [0.2, 0.25) is 0 Å². The summed E-state index contributed by atoms with van der Waals surface area (Å²) in [6.07, 6.45) is 2.51. The van der Waals surface area contributed by atoms with Crippen LogP contribution in [0.4, 0.5) is 0 Å². The summed E-state index contributed by atoms with van der Waals surface area (Å²) in [5, 5.41) is 12.7. The quantitative estimate of drug-likeness (QED) is 0.583. The zero-order chi connectivity index (χ0) is 20.6. The third-order valence-corrected chi connectivity index (χ3v) is 6.39. The van der Waals surface area contributed by atoms with Gasteiger partial charge in [-0.05, 0) is 40.0 Å². The molecule has 3 aliphatic rings. The number of ether oxygens (including phenoxy) is 2. The summed E-state index contributed by atoms with van der Waals surface area (Å²) in [6.45, 7) is 7.37. The van der Waals surface area contributed by atoms with E-state index in [1.165, 1.54) is 4.90 Å². The molecule has 3 saturated heterocycles. The minimum atomic E-state index is -1.03. The minimum Gasteiger partial charge on any atom is -0.466 e. The van der Waals surface area contributed by atoms with Crippen LogP contribution in [0.3, 0.4) is 0 Å². The van der Waals surface area contributed by atoms with Gasteiger partial charge in [-0.3, -0.25) is 14.4 Å². The molecular formula is C20H32N2O6. The number of esters is 1. The first-order valence-corrected chi connectivity index (χ1v) is 10.4. The molecule has 0 aromatic rings. The SMILES string of the molecule is CCCC(C)NC(=O)[C@@H]1N([C@H](C)CO)C(=O)[C@H]2[C@H](C(=O)OCC)[C@@H]3CC[C@]12O3. The Kier molecular flexibility index (Phi) is 6.00. The molecule has 0 aromatic carbocycles. The molecule has 2 N–H and O–H groups in total. The predicted molar refractivity (Wildman–Crippen MR) is 100 cm³/mol. The van der Waals surface area contributed by atoms with Crippen LogP contribution >= 0.6 is 0 Å². The van der Waals surface area contributed by atoms with Crippen molar-refractivity contribution in [2.45, 2.75) is 83.2 Å². The lowest BCUT2D eigenvalue weighted by molar-refractivity contribution is -0.155. The van der Waals surface area contributed by atoms with Crippen LogP contribution in [0.25, 0.3) is 0 Å². The second kappa shape index (κ2) is 7.99. The van der Waals surface area contributed by atoms with Gasteiger partial charge in [0.05, 0.1) is 37.2 Å². The van der Waals surface area contributed by atoms with Crippen LogP contribution < -0.4 is 5.32 Å². The molecule has 0 aromatic heterocycles. The molecule has 2 bridgehead atoms. The van der Waals surface area contributed by atoms with Crippen molar-refractivity contribution in [3.63, 3.8) is 0 Å². The van der Waals surface area contributed by atoms with Crippen molar-refractivity contribution in [3.8, 4) is 0 Å². The Balaban J connectivity index is 1.96. The Morgan fingerprint density at radius 1 is 1.39 bits per heavy atom. The summed E-state index contributed by atoms with van der Waals surface area (Å²) in [6, 6.07) is -1.43. The molecule has 158 valence electrons. The van der Waals surface area contributed by atoms with Gasteiger partial charge in [-0.25, -0.2) is 0 Å². The lowest BCUT2D eigenvalue weighted by atomic mass is 9.70. The van der Waals surface area contributed by atoms with Crippen LogP contribution in [-0.2, 0) is 23.9 Å². The first-order valence-electron chi connectivity index (χ1n) is 10.4. The van der Waals surface area contributed by atoms with Crippen LogP contribution in [0.1, 0.15) is 53.4 Å². The number of carbonyl (C=O) groups excluding carboxylic acids is 3. The van der Waals surface area contributed by atoms with E-state index in [0.717, 1.165) is 12.8 Å². The maximum absolute atomic E-state index is 13.4. The maximum Gasteiger partial charge on any atom is 0.312 e. The number of hydrogen-bond donors (Lipinski definition) is 2. The maximum atomic E-state index is 13.4. The average molecular weight is 396 g/mol. The summed E-state index contributed by atoms with van der Waals surface area (Å²) >= 11 is 0. The van der Waals surface area contributed by atoms with Gasteiger partial charge in [-0.1, -0.05) is 13.3 Å². The van der Waals surface area contributed by atoms with Gasteiger partial charge in [0.15, 0.2) is 0 Å². The van der Waals surface area contributed by atoms with Gasteiger partial charge in [0, 0.05) is 6.04 Å². The smallest absolute Gasteiger partial charge is 0.312 e. The van der Waals surface area contributed by atoms with E-state index in [1.807, 2.05) is 13.8 Å². The fourth-order valence-corrected chi connectivity index (χ4v) is 5.29. The first kappa shape index (κ1) is 21.0. The number of hydrogen-bond acceptors (Lipinski definition) is 6. The van der Waals surface area contributed by atoms with E-state index in [1.54, 1.807) is 13.8 Å². The lowest BCUT2D eigenvalue weighted by Gasteiger charge is -2.36. The van der Waals surface area contributed by atoms with E-state index in [9.17, 15) is 19.5 Å². The van der Waals surface area contributed by atoms with E-state index in [4.69, 9.17) is 9.47 Å². The topological polar surface area (TPSA) is 105 Å². The van der Waals surface area contributed by atoms with Gasteiger partial charge < -0.3 is 24.8 Å². The van der Waals surface area contributed by atoms with Gasteiger partial charge in [0.25, 0.3) is 0 Å². The molecule has 1 spiro atoms. The zero-order valence-electron chi connectivity index (χ0n) is 17.1. The van der Waals surface area contributed by atoms with Gasteiger partial charge in [0.1, 0.15) is 11.6 Å². The Bertz CT molecular complexity index is 640. The molecule has 0 radical (unpaired) electrons. The highest BCUT2D eigenvalue weighted by molar-refractivity contribution is 5.98. The number of nitrogens with one attached hydrogen (secondary N) is 1. The van der Waals surface area contributed by atoms with Crippen LogP contribution in [0.5, 0.6) is 0 Å². The molecule has 3 rings (SSSR count). The second-order valence-electron chi connectivity index (χ2n) is 8.28. The third-order valence-electron chi connectivity index (χ3n) is 6.39. The van der Waals surface area contributed by atoms with E-state index >= 15 is 0 Å². The normalized spacial score (nSPS) is 35.6. The van der Waals surface area contributed by atoms with E-state index < -0.39 is 41.6 Å². The van der Waals surface area contributed by atoms with Gasteiger partial charge >= 0.3 is 5.97 Å². The predicted octanol–water partition coefficient (Wildman–Crippen LogP) is 0.610. The number of amides is 2. The molecule has 1 unspecified atom stereocenters. The summed E-state index contributed by atoms with van der Waals surface area (Å²) in [5.74, 6) is -2.45. The number of aliphatic hydroxyl groups excluding tert-OH is 1. The summed E-state index contributed by atoms with van der Waals surface area (Å²) < 4.78 is 11.4. The Hall–Kier alpha value is -1.67. The third kappa shape index (κ3) is 3.10. The van der Waals surface area contributed by atoms with Crippen molar-refractivity contribution in [3.05, 3.63) is 0 Å². The van der Waals surface area contributed by atoms with E-state index in [-0.39, 0.29) is 31.1 Å². The fourth-order valence-electron chi connectivity index (χ4n) is 5.29. The molecule has 3 heterocycles. The molecule has 8 nitrogen and oxygen atoms in total. The largest absolute Gasteiger partial charge is 0.466 e. The first-order chi connectivity index (χ1) is 13.3. The van der Waals surface area contributed by atoms with E-state index in [2.05, 4.69) is 5.32 Å². The number of fused-ring (bicyclic) bond motifs is 1.